The van der Waals surface area contributed by atoms with Crippen LogP contribution in [0.25, 0.3) is 0 Å². The van der Waals surface area contributed by atoms with Crippen molar-refractivity contribution in [2.24, 2.45) is 5.41 Å². The van der Waals surface area contributed by atoms with Gasteiger partial charge in [-0.1, -0.05) is 51.1 Å². The number of ketones is 2. The van der Waals surface area contributed by atoms with Crippen LogP contribution in [-0.2, 0) is 20.9 Å². The number of esters is 1. The zero-order chi connectivity index (χ0) is 20.6. The van der Waals surface area contributed by atoms with Crippen LogP contribution in [0.1, 0.15) is 49.5 Å². The van der Waals surface area contributed by atoms with Crippen molar-refractivity contribution in [1.82, 2.24) is 0 Å². The Hall–Kier alpha value is -2.95. The van der Waals surface area contributed by atoms with E-state index in [1.54, 1.807) is 24.3 Å². The molecule has 0 aliphatic heterocycles. The SMILES string of the molecule is CC(C)(C)CC(=O)c1ccc(OCCC(=O)C(=O)OCc2ccccc2)cc1. The standard InChI is InChI=1S/C23H26O5/c1-23(2,3)15-21(25)18-9-11-19(12-10-18)27-14-13-20(24)22(26)28-16-17-7-5-4-6-8-17/h4-12H,13-16H2,1-3H3. The molecule has 2 rings (SSSR count). The van der Waals surface area contributed by atoms with Crippen molar-refractivity contribution in [2.45, 2.75) is 40.2 Å². The van der Waals surface area contributed by atoms with E-state index in [0.29, 0.717) is 17.7 Å². The van der Waals surface area contributed by atoms with Crippen molar-refractivity contribution in [2.75, 3.05) is 6.61 Å². The Balaban J connectivity index is 1.74. The van der Waals surface area contributed by atoms with E-state index >= 15 is 0 Å². The minimum absolute atomic E-state index is 0.0640. The average Bonchev–Trinajstić information content (AvgIpc) is 2.66. The lowest BCUT2D eigenvalue weighted by atomic mass is 9.88. The molecule has 0 heterocycles. The number of hydrogen-bond donors (Lipinski definition) is 0. The minimum Gasteiger partial charge on any atom is -0.493 e. The van der Waals surface area contributed by atoms with Gasteiger partial charge in [0.25, 0.3) is 0 Å². The van der Waals surface area contributed by atoms with Crippen molar-refractivity contribution in [3.63, 3.8) is 0 Å². The predicted octanol–water partition coefficient (Wildman–Crippen LogP) is 4.39. The van der Waals surface area contributed by atoms with Gasteiger partial charge in [0, 0.05) is 12.0 Å². The van der Waals surface area contributed by atoms with Gasteiger partial charge < -0.3 is 9.47 Å². The topological polar surface area (TPSA) is 69.7 Å². The third-order valence-corrected chi connectivity index (χ3v) is 3.91. The van der Waals surface area contributed by atoms with Crippen LogP contribution in [0.4, 0.5) is 0 Å². The zero-order valence-electron chi connectivity index (χ0n) is 16.6. The molecule has 148 valence electrons. The first kappa shape index (κ1) is 21.4. The third-order valence-electron chi connectivity index (χ3n) is 3.91. The summed E-state index contributed by atoms with van der Waals surface area (Å²) in [5.41, 5.74) is 1.38. The molecular formula is C23H26O5. The van der Waals surface area contributed by atoms with E-state index in [0.717, 1.165) is 5.56 Å². The average molecular weight is 382 g/mol. The Morgan fingerprint density at radius 3 is 2.14 bits per heavy atom. The van der Waals surface area contributed by atoms with Crippen LogP contribution < -0.4 is 4.74 Å². The molecule has 0 atom stereocenters. The van der Waals surface area contributed by atoms with Gasteiger partial charge in [-0.15, -0.1) is 0 Å². The molecule has 0 aliphatic carbocycles. The summed E-state index contributed by atoms with van der Waals surface area (Å²) in [6, 6.07) is 16.0. The van der Waals surface area contributed by atoms with Gasteiger partial charge in [0.1, 0.15) is 12.4 Å². The molecule has 0 aromatic heterocycles. The Kier molecular flexibility index (Phi) is 7.50. The van der Waals surface area contributed by atoms with Crippen molar-refractivity contribution < 1.29 is 23.9 Å². The summed E-state index contributed by atoms with van der Waals surface area (Å²) in [5, 5.41) is 0. The van der Waals surface area contributed by atoms with E-state index in [1.165, 1.54) is 0 Å². The molecule has 0 fully saturated rings. The number of rotatable bonds is 9. The van der Waals surface area contributed by atoms with Crippen LogP contribution in [0.5, 0.6) is 5.75 Å². The van der Waals surface area contributed by atoms with E-state index in [2.05, 4.69) is 0 Å². The summed E-state index contributed by atoms with van der Waals surface area (Å²) >= 11 is 0. The van der Waals surface area contributed by atoms with Crippen molar-refractivity contribution in [1.29, 1.82) is 0 Å². The molecule has 2 aromatic carbocycles. The summed E-state index contributed by atoms with van der Waals surface area (Å²) in [4.78, 5) is 35.7. The van der Waals surface area contributed by atoms with Crippen LogP contribution in [0.3, 0.4) is 0 Å². The van der Waals surface area contributed by atoms with Gasteiger partial charge in [0.2, 0.25) is 5.78 Å². The van der Waals surface area contributed by atoms with Crippen molar-refractivity contribution in [3.05, 3.63) is 65.7 Å². The van der Waals surface area contributed by atoms with Gasteiger partial charge in [-0.2, -0.15) is 0 Å². The van der Waals surface area contributed by atoms with Crippen molar-refractivity contribution in [3.8, 4) is 5.75 Å². The molecule has 0 saturated heterocycles. The van der Waals surface area contributed by atoms with Gasteiger partial charge in [-0.25, -0.2) is 4.79 Å². The second kappa shape index (κ2) is 9.83. The fourth-order valence-electron chi connectivity index (χ4n) is 2.49. The summed E-state index contributed by atoms with van der Waals surface area (Å²) in [6.45, 7) is 6.18. The second-order valence-corrected chi connectivity index (χ2v) is 7.77. The Bertz CT molecular complexity index is 801. The fraction of sp³-hybridized carbons (Fsp3) is 0.348. The van der Waals surface area contributed by atoms with Gasteiger partial charge >= 0.3 is 5.97 Å². The predicted molar refractivity (Wildman–Crippen MR) is 106 cm³/mol. The molecule has 0 bridgehead atoms. The lowest BCUT2D eigenvalue weighted by Gasteiger charge is -2.16. The molecular weight excluding hydrogens is 356 g/mol. The number of ether oxygens (including phenoxy) is 2. The quantitative estimate of drug-likeness (QED) is 0.365. The normalized spacial score (nSPS) is 11.0. The number of hydrogen-bond acceptors (Lipinski definition) is 5. The molecule has 0 aliphatic rings. The fourth-order valence-corrected chi connectivity index (χ4v) is 2.49. The largest absolute Gasteiger partial charge is 0.493 e. The van der Waals surface area contributed by atoms with Gasteiger partial charge in [0.15, 0.2) is 5.78 Å². The summed E-state index contributed by atoms with van der Waals surface area (Å²) < 4.78 is 10.5. The highest BCUT2D eigenvalue weighted by molar-refractivity contribution is 6.33. The highest BCUT2D eigenvalue weighted by Gasteiger charge is 2.18. The summed E-state index contributed by atoms with van der Waals surface area (Å²) in [5.74, 6) is -0.878. The maximum absolute atomic E-state index is 12.2. The highest BCUT2D eigenvalue weighted by atomic mass is 16.5. The Morgan fingerprint density at radius 1 is 0.893 bits per heavy atom. The molecule has 5 heteroatoms. The van der Waals surface area contributed by atoms with Crippen LogP contribution in [0.15, 0.2) is 54.6 Å². The van der Waals surface area contributed by atoms with E-state index in [-0.39, 0.29) is 30.8 Å². The highest BCUT2D eigenvalue weighted by Crippen LogP contribution is 2.22. The Labute approximate surface area is 165 Å². The smallest absolute Gasteiger partial charge is 0.375 e. The number of benzene rings is 2. The summed E-state index contributed by atoms with van der Waals surface area (Å²) in [6.07, 6.45) is 0.394. The maximum atomic E-state index is 12.2. The number of Topliss-reactive ketones (excluding diaryl/α,β-unsaturated/α-hetero) is 2. The van der Waals surface area contributed by atoms with Gasteiger partial charge in [0.05, 0.1) is 13.0 Å². The second-order valence-electron chi connectivity index (χ2n) is 7.77. The van der Waals surface area contributed by atoms with E-state index < -0.39 is 11.8 Å². The third kappa shape index (κ3) is 7.35. The first-order valence-corrected chi connectivity index (χ1v) is 9.24. The number of carbonyl (C=O) groups is 3. The first-order chi connectivity index (χ1) is 13.2. The molecule has 0 saturated carbocycles. The Morgan fingerprint density at radius 2 is 1.54 bits per heavy atom. The maximum Gasteiger partial charge on any atom is 0.375 e. The molecule has 0 radical (unpaired) electrons. The lowest BCUT2D eigenvalue weighted by Crippen LogP contribution is -2.19. The van der Waals surface area contributed by atoms with Gasteiger partial charge in [-0.3, -0.25) is 9.59 Å². The van der Waals surface area contributed by atoms with Crippen LogP contribution in [0.2, 0.25) is 0 Å². The monoisotopic (exact) mass is 382 g/mol. The van der Waals surface area contributed by atoms with E-state index in [4.69, 9.17) is 9.47 Å². The van der Waals surface area contributed by atoms with Gasteiger partial charge in [-0.05, 0) is 35.2 Å². The van der Waals surface area contributed by atoms with Crippen molar-refractivity contribution >= 4 is 17.5 Å². The molecule has 28 heavy (non-hydrogen) atoms. The number of carbonyl (C=O) groups excluding carboxylic acids is 3. The van der Waals surface area contributed by atoms with Crippen LogP contribution in [-0.4, -0.2) is 24.1 Å². The molecule has 0 unspecified atom stereocenters. The minimum atomic E-state index is -0.865. The molecule has 0 amide bonds. The van der Waals surface area contributed by atoms with E-state index in [9.17, 15) is 14.4 Å². The van der Waals surface area contributed by atoms with E-state index in [1.807, 2.05) is 51.1 Å². The molecule has 0 N–H and O–H groups in total. The first-order valence-electron chi connectivity index (χ1n) is 9.24. The lowest BCUT2D eigenvalue weighted by molar-refractivity contribution is -0.155. The molecule has 5 nitrogen and oxygen atoms in total. The van der Waals surface area contributed by atoms with Crippen LogP contribution in [0, 0.1) is 5.41 Å². The zero-order valence-corrected chi connectivity index (χ0v) is 16.6. The van der Waals surface area contributed by atoms with Crippen LogP contribution >= 0.6 is 0 Å². The molecule has 2 aromatic rings. The molecule has 0 spiro atoms. The summed E-state index contributed by atoms with van der Waals surface area (Å²) in [7, 11) is 0.